The van der Waals surface area contributed by atoms with Gasteiger partial charge in [0.2, 0.25) is 0 Å². The molecule has 0 fully saturated rings. The number of hydrogen-bond donors (Lipinski definition) is 1. The molecule has 4 rings (SSSR count). The summed E-state index contributed by atoms with van der Waals surface area (Å²) in [6.45, 7) is 2.04. The summed E-state index contributed by atoms with van der Waals surface area (Å²) in [7, 11) is 1.66. The van der Waals surface area contributed by atoms with Crippen LogP contribution in [-0.2, 0) is 0 Å². The summed E-state index contributed by atoms with van der Waals surface area (Å²) in [6, 6.07) is 13.4. The van der Waals surface area contributed by atoms with Gasteiger partial charge in [-0.3, -0.25) is 0 Å². The quantitative estimate of drug-likeness (QED) is 0.376. The van der Waals surface area contributed by atoms with E-state index in [2.05, 4.69) is 20.7 Å². The van der Waals surface area contributed by atoms with Crippen LogP contribution in [0.5, 0.6) is 5.75 Å². The number of nitrogens with one attached hydrogen (secondary N) is 1. The first-order valence-corrected chi connectivity index (χ1v) is 10.3. The molecule has 0 unspecified atom stereocenters. The maximum absolute atomic E-state index is 6.38. The molecular formula is C21H17Cl2N3OS. The Morgan fingerprint density at radius 1 is 1.07 bits per heavy atom. The molecule has 0 bridgehead atoms. The molecule has 2 heterocycles. The van der Waals surface area contributed by atoms with E-state index in [4.69, 9.17) is 27.9 Å². The van der Waals surface area contributed by atoms with Crippen molar-refractivity contribution in [1.29, 1.82) is 0 Å². The lowest BCUT2D eigenvalue weighted by Crippen LogP contribution is -2.09. The van der Waals surface area contributed by atoms with Crippen LogP contribution in [0, 0.1) is 0 Å². The number of thiophene rings is 1. The van der Waals surface area contributed by atoms with Gasteiger partial charge in [0.1, 0.15) is 22.7 Å². The van der Waals surface area contributed by atoms with E-state index in [1.165, 1.54) is 0 Å². The van der Waals surface area contributed by atoms with E-state index in [1.807, 2.05) is 43.3 Å². The predicted molar refractivity (Wildman–Crippen MR) is 118 cm³/mol. The SMILES string of the molecule is COc1ccc(-c2csc3ncnc(N[C@@H](C)c4ccc(Cl)cc4Cl)c23)cc1. The van der Waals surface area contributed by atoms with Crippen molar-refractivity contribution in [3.8, 4) is 16.9 Å². The number of aromatic nitrogens is 2. The smallest absolute Gasteiger partial charge is 0.139 e. The molecule has 0 radical (unpaired) electrons. The third kappa shape index (κ3) is 3.65. The third-order valence-electron chi connectivity index (χ3n) is 4.55. The van der Waals surface area contributed by atoms with Crippen molar-refractivity contribution in [3.63, 3.8) is 0 Å². The highest BCUT2D eigenvalue weighted by Crippen LogP contribution is 2.38. The predicted octanol–water partition coefficient (Wildman–Crippen LogP) is 6.85. The molecule has 1 atom stereocenters. The van der Waals surface area contributed by atoms with Gasteiger partial charge in [0.25, 0.3) is 0 Å². The molecule has 2 aromatic carbocycles. The second kappa shape index (κ2) is 7.95. The van der Waals surface area contributed by atoms with Gasteiger partial charge in [0.15, 0.2) is 0 Å². The summed E-state index contributed by atoms with van der Waals surface area (Å²) in [5.41, 5.74) is 3.13. The van der Waals surface area contributed by atoms with Crippen LogP contribution in [0.2, 0.25) is 10.0 Å². The van der Waals surface area contributed by atoms with Gasteiger partial charge in [-0.25, -0.2) is 9.97 Å². The number of fused-ring (bicyclic) bond motifs is 1. The largest absolute Gasteiger partial charge is 0.497 e. The van der Waals surface area contributed by atoms with E-state index >= 15 is 0 Å². The lowest BCUT2D eigenvalue weighted by Gasteiger charge is -2.17. The highest BCUT2D eigenvalue weighted by molar-refractivity contribution is 7.17. The molecule has 0 aliphatic heterocycles. The Balaban J connectivity index is 1.74. The van der Waals surface area contributed by atoms with E-state index < -0.39 is 0 Å². The average molecular weight is 430 g/mol. The van der Waals surface area contributed by atoms with Gasteiger partial charge in [-0.1, -0.05) is 41.4 Å². The summed E-state index contributed by atoms with van der Waals surface area (Å²) in [5.74, 6) is 1.60. The highest BCUT2D eigenvalue weighted by atomic mass is 35.5. The zero-order valence-electron chi connectivity index (χ0n) is 15.2. The van der Waals surface area contributed by atoms with Crippen LogP contribution in [0.15, 0.2) is 54.2 Å². The lowest BCUT2D eigenvalue weighted by atomic mass is 10.0. The first-order valence-electron chi connectivity index (χ1n) is 8.65. The first-order chi connectivity index (χ1) is 13.6. The molecule has 0 aliphatic rings. The Hall–Kier alpha value is -2.34. The number of methoxy groups -OCH3 is 1. The van der Waals surface area contributed by atoms with Crippen LogP contribution in [0.25, 0.3) is 21.3 Å². The Kier molecular flexibility index (Phi) is 5.40. The zero-order chi connectivity index (χ0) is 19.7. The fourth-order valence-corrected chi connectivity index (χ4v) is 4.59. The van der Waals surface area contributed by atoms with E-state index in [-0.39, 0.29) is 6.04 Å². The van der Waals surface area contributed by atoms with Crippen LogP contribution in [0.1, 0.15) is 18.5 Å². The number of hydrogen-bond acceptors (Lipinski definition) is 5. The van der Waals surface area contributed by atoms with Crippen molar-refractivity contribution >= 4 is 50.6 Å². The maximum Gasteiger partial charge on any atom is 0.139 e. The van der Waals surface area contributed by atoms with Crippen molar-refractivity contribution < 1.29 is 4.74 Å². The van der Waals surface area contributed by atoms with E-state index in [1.54, 1.807) is 30.8 Å². The number of nitrogens with zero attached hydrogens (tertiary/aromatic N) is 2. The normalized spacial score (nSPS) is 12.1. The molecule has 0 aliphatic carbocycles. The van der Waals surface area contributed by atoms with Gasteiger partial charge >= 0.3 is 0 Å². The Bertz CT molecular complexity index is 1130. The van der Waals surface area contributed by atoms with Crippen molar-refractivity contribution in [2.24, 2.45) is 0 Å². The molecule has 4 nitrogen and oxygen atoms in total. The van der Waals surface area contributed by atoms with Gasteiger partial charge in [-0.15, -0.1) is 11.3 Å². The topological polar surface area (TPSA) is 47.0 Å². The van der Waals surface area contributed by atoms with Gasteiger partial charge in [0.05, 0.1) is 18.5 Å². The fourth-order valence-electron chi connectivity index (χ4n) is 3.10. The Labute approximate surface area is 177 Å². The molecule has 7 heteroatoms. The van der Waals surface area contributed by atoms with Crippen LogP contribution in [0.4, 0.5) is 5.82 Å². The van der Waals surface area contributed by atoms with Gasteiger partial charge < -0.3 is 10.1 Å². The first kappa shape index (κ1) is 19.0. The van der Waals surface area contributed by atoms with E-state index in [0.29, 0.717) is 10.0 Å². The fraction of sp³-hybridized carbons (Fsp3) is 0.143. The van der Waals surface area contributed by atoms with Crippen LogP contribution in [0.3, 0.4) is 0 Å². The Morgan fingerprint density at radius 2 is 1.86 bits per heavy atom. The molecule has 28 heavy (non-hydrogen) atoms. The van der Waals surface area contributed by atoms with Crippen molar-refractivity contribution in [2.45, 2.75) is 13.0 Å². The molecule has 0 saturated heterocycles. The minimum atomic E-state index is -0.0496. The average Bonchev–Trinajstić information content (AvgIpc) is 3.13. The molecule has 4 aromatic rings. The van der Waals surface area contributed by atoms with Crippen molar-refractivity contribution in [1.82, 2.24) is 9.97 Å². The van der Waals surface area contributed by atoms with Gasteiger partial charge in [-0.05, 0) is 42.3 Å². The summed E-state index contributed by atoms with van der Waals surface area (Å²) >= 11 is 14.0. The second-order valence-corrected chi connectivity index (χ2v) is 8.01. The van der Waals surface area contributed by atoms with E-state index in [9.17, 15) is 0 Å². The maximum atomic E-state index is 6.38. The number of anilines is 1. The molecule has 0 spiro atoms. The Morgan fingerprint density at radius 3 is 2.57 bits per heavy atom. The second-order valence-electron chi connectivity index (χ2n) is 6.31. The molecular weight excluding hydrogens is 413 g/mol. The highest BCUT2D eigenvalue weighted by Gasteiger charge is 2.17. The zero-order valence-corrected chi connectivity index (χ0v) is 17.6. The van der Waals surface area contributed by atoms with Crippen LogP contribution >= 0.6 is 34.5 Å². The minimum Gasteiger partial charge on any atom is -0.497 e. The van der Waals surface area contributed by atoms with Crippen molar-refractivity contribution in [3.05, 3.63) is 69.8 Å². The molecule has 142 valence electrons. The summed E-state index contributed by atoms with van der Waals surface area (Å²) in [4.78, 5) is 9.86. The van der Waals surface area contributed by atoms with Crippen LogP contribution in [-0.4, -0.2) is 17.1 Å². The number of rotatable bonds is 5. The standard InChI is InChI=1S/C21H17Cl2N3OS/c1-12(16-8-5-14(22)9-18(16)23)26-20-19-17(10-28-21(19)25-11-24-20)13-3-6-15(27-2)7-4-13/h3-12H,1-2H3,(H,24,25,26)/t12-/m0/s1. The molecule has 2 aromatic heterocycles. The molecule has 1 N–H and O–H groups in total. The van der Waals surface area contributed by atoms with Gasteiger partial charge in [0, 0.05) is 21.0 Å². The molecule has 0 saturated carbocycles. The minimum absolute atomic E-state index is 0.0496. The summed E-state index contributed by atoms with van der Waals surface area (Å²) in [6.07, 6.45) is 1.58. The number of benzene rings is 2. The lowest BCUT2D eigenvalue weighted by molar-refractivity contribution is 0.415. The summed E-state index contributed by atoms with van der Waals surface area (Å²) in [5, 5.41) is 7.82. The monoisotopic (exact) mass is 429 g/mol. The van der Waals surface area contributed by atoms with Gasteiger partial charge in [-0.2, -0.15) is 0 Å². The van der Waals surface area contributed by atoms with Crippen LogP contribution < -0.4 is 10.1 Å². The van der Waals surface area contributed by atoms with E-state index in [0.717, 1.165) is 38.5 Å². The third-order valence-corrected chi connectivity index (χ3v) is 6.00. The van der Waals surface area contributed by atoms with Crippen molar-refractivity contribution in [2.75, 3.05) is 12.4 Å². The summed E-state index contributed by atoms with van der Waals surface area (Å²) < 4.78 is 5.26. The number of ether oxygens (including phenoxy) is 1. The number of halogens is 2. The molecule has 0 amide bonds.